The molecule has 0 spiro atoms. The summed E-state index contributed by atoms with van der Waals surface area (Å²) in [7, 11) is 0. The molecule has 1 heterocycles. The van der Waals surface area contributed by atoms with Crippen LogP contribution < -0.4 is 5.32 Å². The van der Waals surface area contributed by atoms with Crippen LogP contribution in [0.5, 0.6) is 0 Å². The fraction of sp³-hybridized carbons (Fsp3) is 0.667. The number of nitrogens with one attached hydrogen (secondary N) is 1. The van der Waals surface area contributed by atoms with Crippen molar-refractivity contribution < 1.29 is 9.52 Å². The Bertz CT molecular complexity index is 271. The lowest BCUT2D eigenvalue weighted by atomic mass is 10.3. The zero-order valence-electron chi connectivity index (χ0n) is 8.29. The Morgan fingerprint density at radius 3 is 2.69 bits per heavy atom. The highest BCUT2D eigenvalue weighted by atomic mass is 16.4. The summed E-state index contributed by atoms with van der Waals surface area (Å²) in [6.45, 7) is 6.40. The van der Waals surface area contributed by atoms with Crippen molar-refractivity contribution in [1.29, 1.82) is 0 Å². The lowest BCUT2D eigenvalue weighted by Crippen LogP contribution is -2.28. The van der Waals surface area contributed by atoms with Gasteiger partial charge in [-0.05, 0) is 13.8 Å². The molecule has 1 rings (SSSR count). The molecule has 1 aromatic rings. The normalized spacial score (nSPS) is 13.2. The summed E-state index contributed by atoms with van der Waals surface area (Å²) < 4.78 is 5.35. The largest absolute Gasteiger partial charge is 0.444 e. The van der Waals surface area contributed by atoms with Gasteiger partial charge in [0.2, 0.25) is 0 Å². The smallest absolute Gasteiger partial charge is 0.191 e. The highest BCUT2D eigenvalue weighted by Crippen LogP contribution is 2.08. The lowest BCUT2D eigenvalue weighted by Gasteiger charge is -2.08. The quantitative estimate of drug-likeness (QED) is 0.725. The molecule has 0 bridgehead atoms. The van der Waals surface area contributed by atoms with E-state index in [0.29, 0.717) is 12.4 Å². The van der Waals surface area contributed by atoms with E-state index >= 15 is 0 Å². The second-order valence-electron chi connectivity index (χ2n) is 3.21. The standard InChI is InChI=1S/C9H16N2O2/c1-6(5-12)10-4-9-7(2)11-8(3)13-9/h6,10,12H,4-5H2,1-3H3. The molecule has 0 aliphatic heterocycles. The van der Waals surface area contributed by atoms with Gasteiger partial charge in [-0.15, -0.1) is 0 Å². The van der Waals surface area contributed by atoms with Crippen molar-refractivity contribution in [1.82, 2.24) is 10.3 Å². The summed E-state index contributed by atoms with van der Waals surface area (Å²) in [5.41, 5.74) is 0.912. The Morgan fingerprint density at radius 1 is 1.54 bits per heavy atom. The van der Waals surface area contributed by atoms with E-state index in [2.05, 4.69) is 10.3 Å². The molecule has 74 valence electrons. The van der Waals surface area contributed by atoms with Crippen LogP contribution in [0.4, 0.5) is 0 Å². The predicted octanol–water partition coefficient (Wildman–Crippen LogP) is 0.762. The Labute approximate surface area is 78.0 Å². The van der Waals surface area contributed by atoms with Crippen LogP contribution in [0.2, 0.25) is 0 Å². The maximum absolute atomic E-state index is 8.78. The molecular formula is C9H16N2O2. The number of aromatic nitrogens is 1. The summed E-state index contributed by atoms with van der Waals surface area (Å²) in [6, 6.07) is 0.0878. The third-order valence-electron chi connectivity index (χ3n) is 1.88. The first-order chi connectivity index (χ1) is 6.13. The minimum atomic E-state index is 0.0878. The number of aryl methyl sites for hydroxylation is 2. The number of nitrogens with zero attached hydrogens (tertiary/aromatic N) is 1. The molecule has 13 heavy (non-hydrogen) atoms. The third-order valence-corrected chi connectivity index (χ3v) is 1.88. The van der Waals surface area contributed by atoms with Crippen LogP contribution in [-0.4, -0.2) is 22.7 Å². The minimum absolute atomic E-state index is 0.0878. The average molecular weight is 184 g/mol. The summed E-state index contributed by atoms with van der Waals surface area (Å²) in [4.78, 5) is 4.15. The first kappa shape index (κ1) is 10.2. The molecule has 0 aliphatic rings. The number of oxazole rings is 1. The molecule has 0 fully saturated rings. The predicted molar refractivity (Wildman–Crippen MR) is 49.4 cm³/mol. The van der Waals surface area contributed by atoms with Crippen molar-refractivity contribution in [2.45, 2.75) is 33.4 Å². The van der Waals surface area contributed by atoms with Gasteiger partial charge in [-0.25, -0.2) is 4.98 Å². The Balaban J connectivity index is 2.49. The van der Waals surface area contributed by atoms with Crippen LogP contribution in [0.1, 0.15) is 24.3 Å². The molecule has 1 aromatic heterocycles. The topological polar surface area (TPSA) is 58.3 Å². The molecule has 4 nitrogen and oxygen atoms in total. The number of hydrogen-bond donors (Lipinski definition) is 2. The number of hydrogen-bond acceptors (Lipinski definition) is 4. The van der Waals surface area contributed by atoms with Gasteiger partial charge in [-0.3, -0.25) is 0 Å². The summed E-state index contributed by atoms with van der Waals surface area (Å²) in [5.74, 6) is 1.53. The van der Waals surface area contributed by atoms with Gasteiger partial charge in [0.1, 0.15) is 5.76 Å². The van der Waals surface area contributed by atoms with E-state index in [1.807, 2.05) is 20.8 Å². The summed E-state index contributed by atoms with van der Waals surface area (Å²) in [5, 5.41) is 11.9. The Morgan fingerprint density at radius 2 is 2.23 bits per heavy atom. The van der Waals surface area contributed by atoms with Crippen LogP contribution in [0, 0.1) is 13.8 Å². The maximum Gasteiger partial charge on any atom is 0.191 e. The molecule has 0 amide bonds. The van der Waals surface area contributed by atoms with E-state index in [1.165, 1.54) is 0 Å². The molecule has 0 saturated heterocycles. The fourth-order valence-corrected chi connectivity index (χ4v) is 1.07. The van der Waals surface area contributed by atoms with Crippen molar-refractivity contribution in [2.24, 2.45) is 0 Å². The van der Waals surface area contributed by atoms with Crippen LogP contribution in [0.3, 0.4) is 0 Å². The average Bonchev–Trinajstić information content (AvgIpc) is 2.41. The minimum Gasteiger partial charge on any atom is -0.444 e. The highest BCUT2D eigenvalue weighted by molar-refractivity contribution is 5.06. The molecule has 0 aromatic carbocycles. The van der Waals surface area contributed by atoms with E-state index in [1.54, 1.807) is 0 Å². The van der Waals surface area contributed by atoms with E-state index in [4.69, 9.17) is 9.52 Å². The third kappa shape index (κ3) is 2.82. The van der Waals surface area contributed by atoms with Gasteiger partial charge in [0.25, 0.3) is 0 Å². The molecule has 1 atom stereocenters. The number of aliphatic hydroxyl groups is 1. The van der Waals surface area contributed by atoms with E-state index in [9.17, 15) is 0 Å². The first-order valence-corrected chi connectivity index (χ1v) is 4.40. The lowest BCUT2D eigenvalue weighted by molar-refractivity contribution is 0.248. The number of rotatable bonds is 4. The van der Waals surface area contributed by atoms with Crippen LogP contribution in [-0.2, 0) is 6.54 Å². The van der Waals surface area contributed by atoms with Gasteiger partial charge in [-0.1, -0.05) is 0 Å². The fourth-order valence-electron chi connectivity index (χ4n) is 1.07. The van der Waals surface area contributed by atoms with Gasteiger partial charge in [-0.2, -0.15) is 0 Å². The second kappa shape index (κ2) is 4.39. The molecule has 4 heteroatoms. The molecule has 0 saturated carbocycles. The molecule has 2 N–H and O–H groups in total. The van der Waals surface area contributed by atoms with Crippen molar-refractivity contribution in [3.63, 3.8) is 0 Å². The maximum atomic E-state index is 8.78. The molecule has 0 radical (unpaired) electrons. The van der Waals surface area contributed by atoms with Crippen molar-refractivity contribution in [3.05, 3.63) is 17.3 Å². The highest BCUT2D eigenvalue weighted by Gasteiger charge is 2.07. The monoisotopic (exact) mass is 184 g/mol. The van der Waals surface area contributed by atoms with E-state index in [-0.39, 0.29) is 12.6 Å². The van der Waals surface area contributed by atoms with Gasteiger partial charge in [0.15, 0.2) is 5.89 Å². The first-order valence-electron chi connectivity index (χ1n) is 4.40. The van der Waals surface area contributed by atoms with Gasteiger partial charge >= 0.3 is 0 Å². The van der Waals surface area contributed by atoms with Crippen LogP contribution in [0.15, 0.2) is 4.42 Å². The van der Waals surface area contributed by atoms with E-state index in [0.717, 1.165) is 11.5 Å². The Kier molecular flexibility index (Phi) is 3.45. The zero-order chi connectivity index (χ0) is 9.84. The molecule has 1 unspecified atom stereocenters. The van der Waals surface area contributed by atoms with Crippen molar-refractivity contribution >= 4 is 0 Å². The summed E-state index contributed by atoms with van der Waals surface area (Å²) in [6.07, 6.45) is 0. The van der Waals surface area contributed by atoms with Gasteiger partial charge < -0.3 is 14.8 Å². The zero-order valence-corrected chi connectivity index (χ0v) is 8.29. The Hall–Kier alpha value is -0.870. The summed E-state index contributed by atoms with van der Waals surface area (Å²) >= 11 is 0. The number of aliphatic hydroxyl groups excluding tert-OH is 1. The second-order valence-corrected chi connectivity index (χ2v) is 3.21. The van der Waals surface area contributed by atoms with Crippen LogP contribution >= 0.6 is 0 Å². The van der Waals surface area contributed by atoms with Crippen molar-refractivity contribution in [3.8, 4) is 0 Å². The van der Waals surface area contributed by atoms with Gasteiger partial charge in [0, 0.05) is 13.0 Å². The van der Waals surface area contributed by atoms with E-state index < -0.39 is 0 Å². The molecular weight excluding hydrogens is 168 g/mol. The van der Waals surface area contributed by atoms with Crippen molar-refractivity contribution in [2.75, 3.05) is 6.61 Å². The van der Waals surface area contributed by atoms with Crippen LogP contribution in [0.25, 0.3) is 0 Å². The van der Waals surface area contributed by atoms with Gasteiger partial charge in [0.05, 0.1) is 18.8 Å². The SMILES string of the molecule is Cc1nc(C)c(CNC(C)CO)o1. The molecule has 0 aliphatic carbocycles.